The van der Waals surface area contributed by atoms with Crippen molar-refractivity contribution in [3.8, 4) is 5.75 Å². The van der Waals surface area contributed by atoms with E-state index in [4.69, 9.17) is 9.47 Å². The maximum atomic E-state index is 12.8. The molecule has 0 aliphatic carbocycles. The summed E-state index contributed by atoms with van der Waals surface area (Å²) < 4.78 is 10.8. The zero-order valence-electron chi connectivity index (χ0n) is 16.3. The Morgan fingerprint density at radius 3 is 2.54 bits per heavy atom. The molecule has 1 amide bonds. The van der Waals surface area contributed by atoms with E-state index in [9.17, 15) is 9.90 Å². The number of ether oxygens (including phenoxy) is 2. The number of hydrogen-bond acceptors (Lipinski definition) is 6. The highest BCUT2D eigenvalue weighted by Gasteiger charge is 2.31. The van der Waals surface area contributed by atoms with Crippen LogP contribution in [0.25, 0.3) is 0 Å². The van der Waals surface area contributed by atoms with Crippen LogP contribution in [0.1, 0.15) is 21.5 Å². The van der Waals surface area contributed by atoms with E-state index in [-0.39, 0.29) is 11.3 Å². The molecule has 7 nitrogen and oxygen atoms in total. The van der Waals surface area contributed by atoms with Gasteiger partial charge in [-0.2, -0.15) is 0 Å². The summed E-state index contributed by atoms with van der Waals surface area (Å²) in [7, 11) is 3.04. The van der Waals surface area contributed by atoms with Crippen LogP contribution in [-0.2, 0) is 9.47 Å². The van der Waals surface area contributed by atoms with Crippen LogP contribution in [0.4, 0.5) is 5.69 Å². The summed E-state index contributed by atoms with van der Waals surface area (Å²) in [5.74, 6) is 0.228. The van der Waals surface area contributed by atoms with Crippen LogP contribution in [0.5, 0.6) is 5.75 Å². The molecule has 2 aromatic carbocycles. The van der Waals surface area contributed by atoms with Crippen LogP contribution in [0.2, 0.25) is 0 Å². The lowest BCUT2D eigenvalue weighted by Gasteiger charge is -2.35. The number of phenolic OH excluding ortho intramolecular Hbond substituents is 1. The fourth-order valence-corrected chi connectivity index (χ4v) is 2.98. The van der Waals surface area contributed by atoms with Gasteiger partial charge in [0.15, 0.2) is 0 Å². The molecule has 0 saturated heterocycles. The van der Waals surface area contributed by atoms with Gasteiger partial charge in [-0.25, -0.2) is 4.99 Å². The van der Waals surface area contributed by atoms with E-state index < -0.39 is 12.2 Å². The number of carbonyl (C=O) groups is 1. The number of hydrogen-bond donors (Lipinski definition) is 2. The molecule has 7 heteroatoms. The van der Waals surface area contributed by atoms with Crippen molar-refractivity contribution in [1.82, 2.24) is 5.32 Å². The van der Waals surface area contributed by atoms with E-state index in [0.717, 1.165) is 16.8 Å². The summed E-state index contributed by atoms with van der Waals surface area (Å²) >= 11 is 0. The van der Waals surface area contributed by atoms with E-state index in [1.165, 1.54) is 13.2 Å². The Bertz CT molecular complexity index is 952. The highest BCUT2D eigenvalue weighted by atomic mass is 16.5. The molecule has 0 fully saturated rings. The number of aryl methyl sites for hydroxylation is 1. The van der Waals surface area contributed by atoms with Gasteiger partial charge in [-0.05, 0) is 43.2 Å². The smallest absolute Gasteiger partial charge is 0.258 e. The summed E-state index contributed by atoms with van der Waals surface area (Å²) in [6.45, 7) is 4.01. The summed E-state index contributed by atoms with van der Waals surface area (Å²) in [5, 5.41) is 12.8. The van der Waals surface area contributed by atoms with Crippen molar-refractivity contribution in [1.29, 1.82) is 0 Å². The van der Waals surface area contributed by atoms with Gasteiger partial charge >= 0.3 is 0 Å². The molecule has 0 saturated carbocycles. The quantitative estimate of drug-likeness (QED) is 0.850. The SMILES string of the molecule is COC1=CC(OC)=NC(NC(=O)c2ccccc2O)N1c1cccc(C)c1C. The fraction of sp³-hybridized carbons (Fsp3) is 0.238. The van der Waals surface area contributed by atoms with Crippen LogP contribution in [0.3, 0.4) is 0 Å². The maximum Gasteiger partial charge on any atom is 0.258 e. The molecule has 146 valence electrons. The van der Waals surface area contributed by atoms with Gasteiger partial charge in [0.1, 0.15) is 5.75 Å². The number of para-hydroxylation sites is 1. The number of amides is 1. The first-order valence-corrected chi connectivity index (χ1v) is 8.78. The van der Waals surface area contributed by atoms with Gasteiger partial charge in [0, 0.05) is 0 Å². The molecule has 2 aromatic rings. The molecule has 1 atom stereocenters. The molecular formula is C21H23N3O4. The molecule has 0 spiro atoms. The molecule has 0 radical (unpaired) electrons. The van der Waals surface area contributed by atoms with Crippen molar-refractivity contribution in [2.24, 2.45) is 4.99 Å². The Morgan fingerprint density at radius 2 is 1.86 bits per heavy atom. The Kier molecular flexibility index (Phi) is 5.54. The van der Waals surface area contributed by atoms with Gasteiger partial charge in [0.05, 0.1) is 31.5 Å². The number of benzene rings is 2. The predicted molar refractivity (Wildman–Crippen MR) is 107 cm³/mol. The highest BCUT2D eigenvalue weighted by Crippen LogP contribution is 2.30. The number of nitrogens with zero attached hydrogens (tertiary/aromatic N) is 2. The summed E-state index contributed by atoms with van der Waals surface area (Å²) in [6, 6.07) is 12.2. The van der Waals surface area contributed by atoms with Crippen LogP contribution >= 0.6 is 0 Å². The third-order valence-corrected chi connectivity index (χ3v) is 4.64. The van der Waals surface area contributed by atoms with Crippen molar-refractivity contribution in [2.75, 3.05) is 19.1 Å². The predicted octanol–water partition coefficient (Wildman–Crippen LogP) is 3.08. The summed E-state index contributed by atoms with van der Waals surface area (Å²) in [6.07, 6.45) is 0.840. The average molecular weight is 381 g/mol. The second kappa shape index (κ2) is 8.04. The first kappa shape index (κ1) is 19.3. The van der Waals surface area contributed by atoms with E-state index in [1.54, 1.807) is 36.3 Å². The number of nitrogens with one attached hydrogen (secondary N) is 1. The van der Waals surface area contributed by atoms with Crippen LogP contribution in [-0.4, -0.2) is 37.4 Å². The Hall–Kier alpha value is -3.48. The molecule has 1 unspecified atom stereocenters. The van der Waals surface area contributed by atoms with Gasteiger partial charge in [0.2, 0.25) is 18.1 Å². The van der Waals surface area contributed by atoms with Crippen molar-refractivity contribution >= 4 is 17.5 Å². The Balaban J connectivity index is 2.03. The lowest BCUT2D eigenvalue weighted by molar-refractivity contribution is 0.0931. The minimum Gasteiger partial charge on any atom is -0.507 e. The van der Waals surface area contributed by atoms with Crippen molar-refractivity contribution in [3.05, 3.63) is 71.1 Å². The van der Waals surface area contributed by atoms with E-state index in [2.05, 4.69) is 10.3 Å². The van der Waals surface area contributed by atoms with Crippen molar-refractivity contribution < 1.29 is 19.4 Å². The molecule has 28 heavy (non-hydrogen) atoms. The minimum atomic E-state index is -0.817. The van der Waals surface area contributed by atoms with Gasteiger partial charge in [0.25, 0.3) is 5.91 Å². The first-order valence-electron chi connectivity index (χ1n) is 8.78. The average Bonchev–Trinajstić information content (AvgIpc) is 2.70. The number of rotatable bonds is 4. The lowest BCUT2D eigenvalue weighted by atomic mass is 10.1. The van der Waals surface area contributed by atoms with Gasteiger partial charge < -0.3 is 19.9 Å². The molecule has 1 aliphatic rings. The largest absolute Gasteiger partial charge is 0.507 e. The van der Waals surface area contributed by atoms with Crippen LogP contribution < -0.4 is 10.2 Å². The molecule has 2 N–H and O–H groups in total. The number of aromatic hydroxyl groups is 1. The second-order valence-corrected chi connectivity index (χ2v) is 6.31. The summed E-state index contributed by atoms with van der Waals surface area (Å²) in [5.41, 5.74) is 3.13. The molecular weight excluding hydrogens is 358 g/mol. The first-order chi connectivity index (χ1) is 13.5. The van der Waals surface area contributed by atoms with Crippen molar-refractivity contribution in [3.63, 3.8) is 0 Å². The molecule has 1 heterocycles. The highest BCUT2D eigenvalue weighted by molar-refractivity contribution is 5.98. The topological polar surface area (TPSA) is 83.4 Å². The standard InChI is InChI=1S/C21H23N3O4/c1-13-8-7-10-16(14(13)2)24-19(28-4)12-18(27-3)22-21(24)23-20(26)15-9-5-6-11-17(15)25/h5-12,21,25H,1-4H3,(H,23,26). The number of carbonyl (C=O) groups excluding carboxylic acids is 1. The number of aliphatic imine (C=N–C) groups is 1. The normalized spacial score (nSPS) is 16.1. The minimum absolute atomic E-state index is 0.104. The van der Waals surface area contributed by atoms with Crippen LogP contribution in [0.15, 0.2) is 59.4 Å². The maximum absolute atomic E-state index is 12.8. The van der Waals surface area contributed by atoms with E-state index >= 15 is 0 Å². The van der Waals surface area contributed by atoms with Gasteiger partial charge in [-0.15, -0.1) is 0 Å². The number of anilines is 1. The monoisotopic (exact) mass is 381 g/mol. The zero-order chi connectivity index (χ0) is 20.3. The second-order valence-electron chi connectivity index (χ2n) is 6.31. The number of phenols is 1. The molecule has 1 aliphatic heterocycles. The third kappa shape index (κ3) is 3.64. The fourth-order valence-electron chi connectivity index (χ4n) is 2.98. The molecule has 0 aromatic heterocycles. The summed E-state index contributed by atoms with van der Waals surface area (Å²) in [4.78, 5) is 19.0. The zero-order valence-corrected chi connectivity index (χ0v) is 16.3. The van der Waals surface area contributed by atoms with E-state index in [1.807, 2.05) is 32.0 Å². The van der Waals surface area contributed by atoms with Crippen LogP contribution in [0, 0.1) is 13.8 Å². The third-order valence-electron chi connectivity index (χ3n) is 4.64. The van der Waals surface area contributed by atoms with Gasteiger partial charge in [-0.1, -0.05) is 24.3 Å². The van der Waals surface area contributed by atoms with E-state index in [0.29, 0.717) is 11.8 Å². The van der Waals surface area contributed by atoms with Gasteiger partial charge in [-0.3, -0.25) is 9.69 Å². The Labute approximate surface area is 163 Å². The molecule has 3 rings (SSSR count). The van der Waals surface area contributed by atoms with Crippen molar-refractivity contribution in [2.45, 2.75) is 20.1 Å². The molecule has 0 bridgehead atoms. The number of methoxy groups -OCH3 is 2. The lowest BCUT2D eigenvalue weighted by Crippen LogP contribution is -2.49. The Morgan fingerprint density at radius 1 is 1.11 bits per heavy atom.